The third-order valence-corrected chi connectivity index (χ3v) is 1.38. The minimum absolute atomic E-state index is 0.134. The fraction of sp³-hybridized carbons (Fsp3) is 0.143. The van der Waals surface area contributed by atoms with Crippen LogP contribution in [0.5, 0.6) is 0 Å². The molecule has 5 nitrogen and oxygen atoms in total. The van der Waals surface area contributed by atoms with Crippen LogP contribution in [0.2, 0.25) is 0 Å². The molecule has 0 spiro atoms. The molecule has 0 atom stereocenters. The lowest BCUT2D eigenvalue weighted by Gasteiger charge is -1.99. The number of hydrazine groups is 1. The summed E-state index contributed by atoms with van der Waals surface area (Å²) in [5, 5.41) is 8.64. The number of nitrogen functional groups attached to an aromatic ring is 1. The normalized spacial score (nSPS) is 9.50. The molecule has 4 N–H and O–H groups in total. The summed E-state index contributed by atoms with van der Waals surface area (Å²) in [6, 6.07) is 3.10. The lowest BCUT2D eigenvalue weighted by Crippen LogP contribution is -2.30. The van der Waals surface area contributed by atoms with E-state index in [1.165, 1.54) is 6.20 Å². The number of aliphatic hydroxyl groups is 1. The number of nitrogens with one attached hydrogen (secondary N) is 1. The Labute approximate surface area is 69.2 Å². The Morgan fingerprint density at radius 2 is 2.42 bits per heavy atom. The number of amides is 1. The summed E-state index contributed by atoms with van der Waals surface area (Å²) < 4.78 is 0. The molecule has 0 aliphatic rings. The topological polar surface area (TPSA) is 88.2 Å². The molecule has 1 rings (SSSR count). The minimum atomic E-state index is -0.396. The van der Waals surface area contributed by atoms with E-state index in [0.717, 1.165) is 0 Å². The van der Waals surface area contributed by atoms with Crippen LogP contribution in [0, 0.1) is 0 Å². The number of pyridine rings is 1. The maximum absolute atomic E-state index is 10.9. The Kier molecular flexibility index (Phi) is 2.73. The van der Waals surface area contributed by atoms with Crippen LogP contribution in [0.1, 0.15) is 16.1 Å². The molecule has 0 aliphatic carbocycles. The van der Waals surface area contributed by atoms with E-state index in [1.54, 1.807) is 12.1 Å². The maximum Gasteiger partial charge on any atom is 0.266 e. The quantitative estimate of drug-likeness (QED) is 0.305. The number of hydrogen-bond donors (Lipinski definition) is 3. The van der Waals surface area contributed by atoms with Gasteiger partial charge in [0.1, 0.15) is 0 Å². The van der Waals surface area contributed by atoms with Crippen molar-refractivity contribution in [3.63, 3.8) is 0 Å². The van der Waals surface area contributed by atoms with Crippen molar-refractivity contribution in [2.75, 3.05) is 0 Å². The van der Waals surface area contributed by atoms with Gasteiger partial charge in [-0.2, -0.15) is 0 Å². The molecule has 12 heavy (non-hydrogen) atoms. The summed E-state index contributed by atoms with van der Waals surface area (Å²) in [7, 11) is 0. The van der Waals surface area contributed by atoms with Crippen molar-refractivity contribution in [3.05, 3.63) is 29.6 Å². The van der Waals surface area contributed by atoms with Gasteiger partial charge in [-0.3, -0.25) is 15.2 Å². The van der Waals surface area contributed by atoms with E-state index in [1.807, 2.05) is 5.43 Å². The van der Waals surface area contributed by atoms with Crippen molar-refractivity contribution in [2.45, 2.75) is 6.61 Å². The second-order valence-corrected chi connectivity index (χ2v) is 2.17. The summed E-state index contributed by atoms with van der Waals surface area (Å²) in [6.07, 6.45) is 1.35. The molecular formula is C7H9N3O2. The molecule has 1 heterocycles. The molecule has 0 saturated carbocycles. The monoisotopic (exact) mass is 167 g/mol. The SMILES string of the molecule is NNC(=O)c1ccc(CO)nc1. The van der Waals surface area contributed by atoms with E-state index >= 15 is 0 Å². The van der Waals surface area contributed by atoms with Crippen LogP contribution in [0.15, 0.2) is 18.3 Å². The van der Waals surface area contributed by atoms with E-state index < -0.39 is 5.91 Å². The number of hydrogen-bond acceptors (Lipinski definition) is 4. The number of carbonyl (C=O) groups excluding carboxylic acids is 1. The van der Waals surface area contributed by atoms with Gasteiger partial charge in [0.05, 0.1) is 17.9 Å². The van der Waals surface area contributed by atoms with E-state index in [-0.39, 0.29) is 6.61 Å². The van der Waals surface area contributed by atoms with Gasteiger partial charge >= 0.3 is 0 Å². The van der Waals surface area contributed by atoms with E-state index in [0.29, 0.717) is 11.3 Å². The number of nitrogens with zero attached hydrogens (tertiary/aromatic N) is 1. The first-order valence-electron chi connectivity index (χ1n) is 3.34. The number of aliphatic hydroxyl groups excluding tert-OH is 1. The van der Waals surface area contributed by atoms with Crippen molar-refractivity contribution >= 4 is 5.91 Å². The fourth-order valence-electron chi connectivity index (χ4n) is 0.736. The first-order valence-corrected chi connectivity index (χ1v) is 3.34. The second-order valence-electron chi connectivity index (χ2n) is 2.17. The first-order chi connectivity index (χ1) is 5.77. The zero-order valence-corrected chi connectivity index (χ0v) is 6.32. The smallest absolute Gasteiger partial charge is 0.266 e. The van der Waals surface area contributed by atoms with Gasteiger partial charge in [-0.25, -0.2) is 5.84 Å². The molecule has 0 radical (unpaired) electrons. The Bertz CT molecular complexity index is 270. The van der Waals surface area contributed by atoms with Crippen LogP contribution < -0.4 is 11.3 Å². The van der Waals surface area contributed by atoms with Crippen LogP contribution in [0.4, 0.5) is 0 Å². The highest BCUT2D eigenvalue weighted by Gasteiger charge is 2.02. The summed E-state index contributed by atoms with van der Waals surface area (Å²) in [5.41, 5.74) is 2.86. The lowest BCUT2D eigenvalue weighted by atomic mass is 10.2. The number of aromatic nitrogens is 1. The van der Waals surface area contributed by atoms with Crippen molar-refractivity contribution < 1.29 is 9.90 Å². The Morgan fingerprint density at radius 1 is 1.67 bits per heavy atom. The molecule has 0 fully saturated rings. The fourth-order valence-corrected chi connectivity index (χ4v) is 0.736. The van der Waals surface area contributed by atoms with Crippen molar-refractivity contribution in [3.8, 4) is 0 Å². The minimum Gasteiger partial charge on any atom is -0.390 e. The van der Waals surface area contributed by atoms with Crippen molar-refractivity contribution in [1.82, 2.24) is 10.4 Å². The molecule has 1 aromatic heterocycles. The molecule has 0 aliphatic heterocycles. The molecule has 0 aromatic carbocycles. The van der Waals surface area contributed by atoms with Gasteiger partial charge in [-0.05, 0) is 12.1 Å². The van der Waals surface area contributed by atoms with Gasteiger partial charge in [0, 0.05) is 6.20 Å². The Hall–Kier alpha value is -1.46. The van der Waals surface area contributed by atoms with E-state index in [2.05, 4.69) is 4.98 Å². The first kappa shape index (κ1) is 8.63. The summed E-state index contributed by atoms with van der Waals surface area (Å²) in [4.78, 5) is 14.7. The largest absolute Gasteiger partial charge is 0.390 e. The summed E-state index contributed by atoms with van der Waals surface area (Å²) in [6.45, 7) is -0.134. The standard InChI is InChI=1S/C7H9N3O2/c8-10-7(12)5-1-2-6(4-11)9-3-5/h1-3,11H,4,8H2,(H,10,12). The highest BCUT2D eigenvalue weighted by Crippen LogP contribution is 1.99. The Morgan fingerprint density at radius 3 is 2.83 bits per heavy atom. The van der Waals surface area contributed by atoms with Crippen LogP contribution in [-0.2, 0) is 6.61 Å². The zero-order chi connectivity index (χ0) is 8.97. The van der Waals surface area contributed by atoms with Gasteiger partial charge in [0.25, 0.3) is 5.91 Å². The van der Waals surface area contributed by atoms with Gasteiger partial charge in [-0.1, -0.05) is 0 Å². The molecule has 1 aromatic rings. The highest BCUT2D eigenvalue weighted by atomic mass is 16.3. The summed E-state index contributed by atoms with van der Waals surface area (Å²) >= 11 is 0. The predicted octanol–water partition coefficient (Wildman–Crippen LogP) is -0.823. The van der Waals surface area contributed by atoms with Crippen LogP contribution in [0.3, 0.4) is 0 Å². The molecule has 64 valence electrons. The molecule has 5 heteroatoms. The molecule has 0 saturated heterocycles. The number of rotatable bonds is 2. The van der Waals surface area contributed by atoms with Crippen LogP contribution in [-0.4, -0.2) is 16.0 Å². The van der Waals surface area contributed by atoms with Crippen LogP contribution >= 0.6 is 0 Å². The number of nitrogens with two attached hydrogens (primary N) is 1. The lowest BCUT2D eigenvalue weighted by molar-refractivity contribution is 0.0953. The summed E-state index contributed by atoms with van der Waals surface area (Å²) in [5.74, 6) is 4.50. The van der Waals surface area contributed by atoms with Gasteiger partial charge in [0.15, 0.2) is 0 Å². The average Bonchev–Trinajstić information content (AvgIpc) is 2.17. The third kappa shape index (κ3) is 1.77. The van der Waals surface area contributed by atoms with E-state index in [9.17, 15) is 4.79 Å². The Balaban J connectivity index is 2.84. The molecule has 1 amide bonds. The number of carbonyl (C=O) groups is 1. The third-order valence-electron chi connectivity index (χ3n) is 1.38. The van der Waals surface area contributed by atoms with Crippen molar-refractivity contribution in [2.24, 2.45) is 5.84 Å². The second kappa shape index (κ2) is 3.80. The molecular weight excluding hydrogens is 158 g/mol. The zero-order valence-electron chi connectivity index (χ0n) is 6.32. The van der Waals surface area contributed by atoms with Crippen molar-refractivity contribution in [1.29, 1.82) is 0 Å². The van der Waals surface area contributed by atoms with E-state index in [4.69, 9.17) is 10.9 Å². The molecule has 0 unspecified atom stereocenters. The maximum atomic E-state index is 10.9. The average molecular weight is 167 g/mol. The van der Waals surface area contributed by atoms with Gasteiger partial charge in [-0.15, -0.1) is 0 Å². The van der Waals surface area contributed by atoms with Crippen LogP contribution in [0.25, 0.3) is 0 Å². The van der Waals surface area contributed by atoms with Gasteiger partial charge in [0.2, 0.25) is 0 Å². The van der Waals surface area contributed by atoms with Gasteiger partial charge < -0.3 is 5.11 Å². The highest BCUT2D eigenvalue weighted by molar-refractivity contribution is 5.93. The predicted molar refractivity (Wildman–Crippen MR) is 41.8 cm³/mol. The molecule has 0 bridgehead atoms.